The minimum Gasteiger partial charge on any atom is -0.357 e. The maximum absolute atomic E-state index is 11.8. The van der Waals surface area contributed by atoms with Crippen LogP contribution in [0, 0.1) is 5.41 Å². The van der Waals surface area contributed by atoms with E-state index < -0.39 is 0 Å². The molecule has 1 amide bonds. The van der Waals surface area contributed by atoms with Gasteiger partial charge < -0.3 is 10.3 Å². The fourth-order valence-electron chi connectivity index (χ4n) is 2.06. The first kappa shape index (κ1) is 11.8. The van der Waals surface area contributed by atoms with E-state index in [-0.39, 0.29) is 11.3 Å². The number of carbonyl (C=O) groups excluding carboxylic acids is 1. The van der Waals surface area contributed by atoms with Crippen molar-refractivity contribution in [2.24, 2.45) is 5.41 Å². The topological polar surface area (TPSA) is 44.9 Å². The van der Waals surface area contributed by atoms with Gasteiger partial charge in [0.25, 0.3) is 0 Å². The number of aromatic amines is 1. The Morgan fingerprint density at radius 1 is 1.44 bits per heavy atom. The first-order valence-corrected chi connectivity index (χ1v) is 6.92. The number of rotatable bonds is 3. The number of amides is 1. The van der Waals surface area contributed by atoms with Gasteiger partial charge in [0.05, 0.1) is 6.54 Å². The van der Waals surface area contributed by atoms with Gasteiger partial charge in [0, 0.05) is 21.1 Å². The van der Waals surface area contributed by atoms with Crippen molar-refractivity contribution in [1.82, 2.24) is 10.3 Å². The fourth-order valence-corrected chi connectivity index (χ4v) is 2.42. The van der Waals surface area contributed by atoms with E-state index in [4.69, 9.17) is 0 Å². The number of aromatic nitrogens is 1. The summed E-state index contributed by atoms with van der Waals surface area (Å²) < 4.78 is 1.05. The molecule has 2 N–H and O–H groups in total. The number of nitrogens with one attached hydrogen (secondary N) is 2. The molecule has 1 heterocycles. The van der Waals surface area contributed by atoms with Crippen molar-refractivity contribution in [3.8, 4) is 0 Å². The second-order valence-electron chi connectivity index (χ2n) is 5.27. The molecule has 0 atom stereocenters. The molecule has 3 rings (SSSR count). The molecule has 3 nitrogen and oxygen atoms in total. The molecule has 1 aromatic heterocycles. The summed E-state index contributed by atoms with van der Waals surface area (Å²) >= 11 is 3.45. The molecule has 1 aliphatic carbocycles. The van der Waals surface area contributed by atoms with E-state index in [1.54, 1.807) is 0 Å². The zero-order chi connectivity index (χ0) is 12.8. The van der Waals surface area contributed by atoms with E-state index in [0.717, 1.165) is 28.5 Å². The molecule has 0 radical (unpaired) electrons. The number of benzene rings is 1. The molecule has 0 aliphatic heterocycles. The molecule has 1 aromatic carbocycles. The van der Waals surface area contributed by atoms with Crippen molar-refractivity contribution in [1.29, 1.82) is 0 Å². The Labute approximate surface area is 114 Å². The quantitative estimate of drug-likeness (QED) is 0.897. The number of H-pyrrole nitrogens is 1. The van der Waals surface area contributed by atoms with Crippen molar-refractivity contribution in [2.75, 3.05) is 0 Å². The third kappa shape index (κ3) is 2.17. The Kier molecular flexibility index (Phi) is 2.70. The molecular formula is C14H15BrN2O. The Morgan fingerprint density at radius 3 is 2.94 bits per heavy atom. The molecule has 1 aliphatic rings. The molecule has 2 aromatic rings. The first-order valence-electron chi connectivity index (χ1n) is 6.12. The second kappa shape index (κ2) is 4.12. The maximum Gasteiger partial charge on any atom is 0.226 e. The third-order valence-electron chi connectivity index (χ3n) is 3.63. The Balaban J connectivity index is 1.73. The minimum absolute atomic E-state index is 0.102. The molecule has 18 heavy (non-hydrogen) atoms. The number of carbonyl (C=O) groups is 1. The van der Waals surface area contributed by atoms with Crippen molar-refractivity contribution >= 4 is 32.7 Å². The van der Waals surface area contributed by atoms with Gasteiger partial charge in [-0.2, -0.15) is 0 Å². The van der Waals surface area contributed by atoms with Crippen LogP contribution in [0.1, 0.15) is 25.5 Å². The molecule has 0 spiro atoms. The monoisotopic (exact) mass is 306 g/mol. The van der Waals surface area contributed by atoms with E-state index in [2.05, 4.69) is 38.4 Å². The van der Waals surface area contributed by atoms with Crippen LogP contribution in [0.4, 0.5) is 0 Å². The highest BCUT2D eigenvalue weighted by atomic mass is 79.9. The summed E-state index contributed by atoms with van der Waals surface area (Å²) in [6.45, 7) is 2.59. The number of hydrogen-bond acceptors (Lipinski definition) is 1. The minimum atomic E-state index is -0.102. The van der Waals surface area contributed by atoms with Crippen LogP contribution in [0.5, 0.6) is 0 Å². The predicted molar refractivity (Wildman–Crippen MR) is 75.2 cm³/mol. The molecular weight excluding hydrogens is 292 g/mol. The molecule has 1 fully saturated rings. The Morgan fingerprint density at radius 2 is 2.22 bits per heavy atom. The third-order valence-corrected chi connectivity index (χ3v) is 4.12. The van der Waals surface area contributed by atoms with Crippen LogP contribution in [0.3, 0.4) is 0 Å². The maximum atomic E-state index is 11.8. The largest absolute Gasteiger partial charge is 0.357 e. The van der Waals surface area contributed by atoms with E-state index in [9.17, 15) is 4.79 Å². The molecule has 4 heteroatoms. The molecule has 0 saturated heterocycles. The highest BCUT2D eigenvalue weighted by Crippen LogP contribution is 2.45. The lowest BCUT2D eigenvalue weighted by molar-refractivity contribution is -0.125. The summed E-state index contributed by atoms with van der Waals surface area (Å²) in [7, 11) is 0. The zero-order valence-corrected chi connectivity index (χ0v) is 11.8. The molecule has 1 saturated carbocycles. The summed E-state index contributed by atoms with van der Waals surface area (Å²) in [5, 5.41) is 4.16. The Hall–Kier alpha value is -1.29. The first-order chi connectivity index (χ1) is 8.57. The molecule has 94 valence electrons. The van der Waals surface area contributed by atoms with Gasteiger partial charge >= 0.3 is 0 Å². The number of fused-ring (bicyclic) bond motifs is 1. The zero-order valence-electron chi connectivity index (χ0n) is 10.2. The van der Waals surface area contributed by atoms with Gasteiger partial charge in [-0.1, -0.05) is 28.9 Å². The fraction of sp³-hybridized carbons (Fsp3) is 0.357. The smallest absolute Gasteiger partial charge is 0.226 e. The summed E-state index contributed by atoms with van der Waals surface area (Å²) in [5.41, 5.74) is 2.03. The highest BCUT2D eigenvalue weighted by molar-refractivity contribution is 9.10. The average molecular weight is 307 g/mol. The molecule has 0 bridgehead atoms. The van der Waals surface area contributed by atoms with Gasteiger partial charge in [-0.3, -0.25) is 4.79 Å². The van der Waals surface area contributed by atoms with Crippen LogP contribution < -0.4 is 5.32 Å². The van der Waals surface area contributed by atoms with Crippen LogP contribution in [0.15, 0.2) is 28.7 Å². The molecule has 0 unspecified atom stereocenters. The number of halogens is 1. The normalized spacial score (nSPS) is 16.8. The van der Waals surface area contributed by atoms with Crippen LogP contribution in [-0.2, 0) is 11.3 Å². The SMILES string of the molecule is CC1(C(=O)NCc2cc3ccc(Br)cc3[nH]2)CC1. The Bertz CT molecular complexity index is 613. The predicted octanol–water partition coefficient (Wildman–Crippen LogP) is 3.35. The van der Waals surface area contributed by atoms with Crippen molar-refractivity contribution < 1.29 is 4.79 Å². The van der Waals surface area contributed by atoms with Crippen LogP contribution in [0.2, 0.25) is 0 Å². The van der Waals surface area contributed by atoms with Gasteiger partial charge in [0.1, 0.15) is 0 Å². The van der Waals surface area contributed by atoms with E-state index >= 15 is 0 Å². The van der Waals surface area contributed by atoms with Crippen molar-refractivity contribution in [2.45, 2.75) is 26.3 Å². The summed E-state index contributed by atoms with van der Waals surface area (Å²) in [6.07, 6.45) is 2.02. The van der Waals surface area contributed by atoms with Crippen LogP contribution >= 0.6 is 15.9 Å². The van der Waals surface area contributed by atoms with Gasteiger partial charge in [-0.05, 0) is 36.4 Å². The van der Waals surface area contributed by atoms with Crippen LogP contribution in [-0.4, -0.2) is 10.9 Å². The lowest BCUT2D eigenvalue weighted by Gasteiger charge is -2.08. The van der Waals surface area contributed by atoms with E-state index in [0.29, 0.717) is 6.54 Å². The van der Waals surface area contributed by atoms with E-state index in [1.807, 2.05) is 19.1 Å². The van der Waals surface area contributed by atoms with Gasteiger partial charge in [0.2, 0.25) is 5.91 Å². The average Bonchev–Trinajstić information content (AvgIpc) is 2.96. The van der Waals surface area contributed by atoms with Gasteiger partial charge in [-0.15, -0.1) is 0 Å². The summed E-state index contributed by atoms with van der Waals surface area (Å²) in [5.74, 6) is 0.169. The van der Waals surface area contributed by atoms with Gasteiger partial charge in [-0.25, -0.2) is 0 Å². The lowest BCUT2D eigenvalue weighted by Crippen LogP contribution is -2.29. The van der Waals surface area contributed by atoms with Crippen LogP contribution in [0.25, 0.3) is 10.9 Å². The van der Waals surface area contributed by atoms with E-state index in [1.165, 1.54) is 5.39 Å². The van der Waals surface area contributed by atoms with Crippen molar-refractivity contribution in [3.05, 3.63) is 34.4 Å². The lowest BCUT2D eigenvalue weighted by atomic mass is 10.1. The van der Waals surface area contributed by atoms with Gasteiger partial charge in [0.15, 0.2) is 0 Å². The standard InChI is InChI=1S/C14H15BrN2O/c1-14(4-5-14)13(18)16-8-11-6-9-2-3-10(15)7-12(9)17-11/h2-3,6-7,17H,4-5,8H2,1H3,(H,16,18). The number of hydrogen-bond donors (Lipinski definition) is 2. The highest BCUT2D eigenvalue weighted by Gasteiger charge is 2.44. The summed E-state index contributed by atoms with van der Waals surface area (Å²) in [6, 6.07) is 8.20. The summed E-state index contributed by atoms with van der Waals surface area (Å²) in [4.78, 5) is 15.2. The van der Waals surface area contributed by atoms with Crippen molar-refractivity contribution in [3.63, 3.8) is 0 Å². The second-order valence-corrected chi connectivity index (χ2v) is 6.19.